The summed E-state index contributed by atoms with van der Waals surface area (Å²) >= 11 is 5.86. The number of fused-ring (bicyclic) bond motifs is 1. The van der Waals surface area contributed by atoms with Gasteiger partial charge in [0, 0.05) is 11.2 Å². The molecule has 0 saturated carbocycles. The third kappa shape index (κ3) is 3.38. The standard InChI is InChI=1S/C18H18ClFN4O5/c1-28-23-16-11-10(20)6-24(17(11)22-7-21-16)18-14(27)13(26)15(29-18)12(25)8-2-4-9(19)5-3-8/h2-7,12-15,18,25-27H,1H3,(H,21,22,23)/t12-,13+,14-,15-,18-/m1/s1. The van der Waals surface area contributed by atoms with Gasteiger partial charge in [-0.1, -0.05) is 28.9 Å². The van der Waals surface area contributed by atoms with Crippen LogP contribution in [0.4, 0.5) is 4.39 Å². The van der Waals surface area contributed by atoms with Gasteiger partial charge in [0.25, 0.3) is 0 Å². The molecule has 4 N–H and O–H groups in total. The van der Waals surface area contributed by atoms with Crippen LogP contribution in [0.2, 0.25) is 5.02 Å². The molecular weight excluding hydrogens is 407 g/mol. The molecule has 0 unspecified atom stereocenters. The Morgan fingerprint density at radius 2 is 2.03 bits per heavy atom. The number of aliphatic hydroxyl groups is 3. The number of aromatic nitrogens is 3. The Bertz CT molecular complexity index is 1090. The summed E-state index contributed by atoms with van der Waals surface area (Å²) in [4.78, 5) is 11.4. The van der Waals surface area contributed by atoms with Crippen LogP contribution in [-0.4, -0.2) is 55.3 Å². The van der Waals surface area contributed by atoms with Gasteiger partial charge in [-0.3, -0.25) is 0 Å². The monoisotopic (exact) mass is 424 g/mol. The van der Waals surface area contributed by atoms with Crippen molar-refractivity contribution >= 4 is 22.6 Å². The molecule has 0 aliphatic carbocycles. The maximum Gasteiger partial charge on any atom is 0.206 e. The zero-order valence-electron chi connectivity index (χ0n) is 15.1. The van der Waals surface area contributed by atoms with Gasteiger partial charge in [0.15, 0.2) is 12.0 Å². The van der Waals surface area contributed by atoms with Gasteiger partial charge in [-0.25, -0.2) is 9.37 Å². The first kappa shape index (κ1) is 19.8. The van der Waals surface area contributed by atoms with Crippen molar-refractivity contribution < 1.29 is 29.3 Å². The topological polar surface area (TPSA) is 125 Å². The average molecular weight is 425 g/mol. The van der Waals surface area contributed by atoms with Crippen LogP contribution in [0.15, 0.2) is 41.9 Å². The summed E-state index contributed by atoms with van der Waals surface area (Å²) in [5, 5.41) is 35.8. The number of H-pyrrole nitrogens is 1. The van der Waals surface area contributed by atoms with Gasteiger partial charge >= 0.3 is 0 Å². The van der Waals surface area contributed by atoms with E-state index in [1.807, 2.05) is 0 Å². The highest BCUT2D eigenvalue weighted by molar-refractivity contribution is 6.30. The molecule has 1 aliphatic heterocycles. The van der Waals surface area contributed by atoms with E-state index in [4.69, 9.17) is 16.3 Å². The highest BCUT2D eigenvalue weighted by Crippen LogP contribution is 2.37. The lowest BCUT2D eigenvalue weighted by molar-refractivity contribution is -0.0849. The first-order chi connectivity index (χ1) is 13.9. The summed E-state index contributed by atoms with van der Waals surface area (Å²) in [5.41, 5.74) is 0.668. The maximum atomic E-state index is 14.6. The van der Waals surface area contributed by atoms with Crippen LogP contribution in [0.5, 0.6) is 0 Å². The van der Waals surface area contributed by atoms with Crippen LogP contribution in [0.25, 0.3) is 11.0 Å². The van der Waals surface area contributed by atoms with Crippen LogP contribution in [0.1, 0.15) is 17.9 Å². The molecule has 0 spiro atoms. The number of aliphatic hydroxyl groups excluding tert-OH is 3. The van der Waals surface area contributed by atoms with Crippen LogP contribution >= 0.6 is 11.6 Å². The maximum absolute atomic E-state index is 14.6. The molecular formula is C18H18ClFN4O5. The Balaban J connectivity index is 1.71. The highest BCUT2D eigenvalue weighted by atomic mass is 35.5. The predicted molar refractivity (Wildman–Crippen MR) is 98.9 cm³/mol. The lowest BCUT2D eigenvalue weighted by Crippen LogP contribution is -2.34. The fraction of sp³-hybridized carbons (Fsp3) is 0.333. The van der Waals surface area contributed by atoms with Crippen molar-refractivity contribution in [1.82, 2.24) is 14.5 Å². The minimum atomic E-state index is -1.43. The SMILES string of the molecule is CO/N=c1\nc[nH]c2c1c(F)cn2[C@@H]1O[C@H]([C@H](O)c2ccc(Cl)cc2)[C@@H](O)[C@H]1O. The zero-order chi connectivity index (χ0) is 20.7. The summed E-state index contributed by atoms with van der Waals surface area (Å²) in [6.45, 7) is 0. The van der Waals surface area contributed by atoms with E-state index in [2.05, 4.69) is 20.0 Å². The van der Waals surface area contributed by atoms with E-state index in [-0.39, 0.29) is 16.5 Å². The lowest BCUT2D eigenvalue weighted by Gasteiger charge is -2.21. The number of hydrogen-bond donors (Lipinski definition) is 4. The van der Waals surface area contributed by atoms with Gasteiger partial charge in [0.2, 0.25) is 5.49 Å². The molecule has 1 aliphatic rings. The van der Waals surface area contributed by atoms with Crippen LogP contribution < -0.4 is 5.49 Å². The average Bonchev–Trinajstić information content (AvgIpc) is 3.20. The fourth-order valence-electron chi connectivity index (χ4n) is 3.45. The first-order valence-corrected chi connectivity index (χ1v) is 9.06. The van der Waals surface area contributed by atoms with Crippen molar-refractivity contribution in [3.05, 3.63) is 58.7 Å². The Kier molecular flexibility index (Phi) is 5.28. The number of ether oxygens (including phenoxy) is 1. The number of nitrogens with one attached hydrogen (secondary N) is 1. The van der Waals surface area contributed by atoms with Gasteiger partial charge < -0.3 is 34.4 Å². The number of halogens is 2. The molecule has 1 fully saturated rings. The molecule has 3 heterocycles. The molecule has 3 aromatic rings. The van der Waals surface area contributed by atoms with Gasteiger partial charge in [-0.05, 0) is 17.7 Å². The number of hydrogen-bond acceptors (Lipinski definition) is 7. The third-order valence-corrected chi connectivity index (χ3v) is 5.10. The molecule has 29 heavy (non-hydrogen) atoms. The molecule has 0 bridgehead atoms. The van der Waals surface area contributed by atoms with E-state index in [0.717, 1.165) is 6.20 Å². The Morgan fingerprint density at radius 1 is 1.31 bits per heavy atom. The van der Waals surface area contributed by atoms with E-state index in [0.29, 0.717) is 10.6 Å². The summed E-state index contributed by atoms with van der Waals surface area (Å²) < 4.78 is 21.6. The van der Waals surface area contributed by atoms with E-state index >= 15 is 0 Å². The zero-order valence-corrected chi connectivity index (χ0v) is 15.9. The Labute approximate surface area is 168 Å². The number of aromatic amines is 1. The number of nitrogens with zero attached hydrogens (tertiary/aromatic N) is 3. The van der Waals surface area contributed by atoms with Gasteiger partial charge in [0.1, 0.15) is 42.6 Å². The van der Waals surface area contributed by atoms with E-state index < -0.39 is 36.5 Å². The minimum absolute atomic E-state index is 0.00304. The molecule has 0 radical (unpaired) electrons. The lowest BCUT2D eigenvalue weighted by atomic mass is 9.99. The second-order valence-corrected chi connectivity index (χ2v) is 7.01. The normalized spacial score (nSPS) is 26.2. The molecule has 9 nitrogen and oxygen atoms in total. The van der Waals surface area contributed by atoms with E-state index in [9.17, 15) is 19.7 Å². The van der Waals surface area contributed by atoms with Crippen molar-refractivity contribution in [2.24, 2.45) is 5.16 Å². The second-order valence-electron chi connectivity index (χ2n) is 6.58. The van der Waals surface area contributed by atoms with Gasteiger partial charge in [0.05, 0.1) is 6.33 Å². The van der Waals surface area contributed by atoms with Crippen LogP contribution in [0.3, 0.4) is 0 Å². The Morgan fingerprint density at radius 3 is 2.72 bits per heavy atom. The van der Waals surface area contributed by atoms with Crippen molar-refractivity contribution in [2.75, 3.05) is 7.11 Å². The van der Waals surface area contributed by atoms with Crippen molar-refractivity contribution in [2.45, 2.75) is 30.6 Å². The summed E-state index contributed by atoms with van der Waals surface area (Å²) in [5.74, 6) is -0.674. The van der Waals surface area contributed by atoms with Gasteiger partial charge in [-0.15, -0.1) is 0 Å². The van der Waals surface area contributed by atoms with E-state index in [1.165, 1.54) is 18.0 Å². The summed E-state index contributed by atoms with van der Waals surface area (Å²) in [7, 11) is 1.31. The first-order valence-electron chi connectivity index (χ1n) is 8.68. The third-order valence-electron chi connectivity index (χ3n) is 4.85. The highest BCUT2D eigenvalue weighted by Gasteiger charge is 2.47. The summed E-state index contributed by atoms with van der Waals surface area (Å²) in [6, 6.07) is 6.36. The molecule has 2 aromatic heterocycles. The fourth-order valence-corrected chi connectivity index (χ4v) is 3.58. The molecule has 11 heteroatoms. The minimum Gasteiger partial charge on any atom is -0.397 e. The molecule has 1 aromatic carbocycles. The molecule has 1 saturated heterocycles. The molecule has 4 rings (SSSR count). The largest absolute Gasteiger partial charge is 0.397 e. The van der Waals surface area contributed by atoms with Crippen LogP contribution in [0, 0.1) is 5.82 Å². The second kappa shape index (κ2) is 7.73. The quantitative estimate of drug-likeness (QED) is 0.462. The smallest absolute Gasteiger partial charge is 0.206 e. The molecule has 154 valence electrons. The Hall–Kier alpha value is -2.50. The van der Waals surface area contributed by atoms with Crippen LogP contribution in [-0.2, 0) is 9.57 Å². The summed E-state index contributed by atoms with van der Waals surface area (Å²) in [6.07, 6.45) is -4.03. The molecule has 5 atom stereocenters. The van der Waals surface area contributed by atoms with E-state index in [1.54, 1.807) is 24.3 Å². The van der Waals surface area contributed by atoms with Crippen molar-refractivity contribution in [3.63, 3.8) is 0 Å². The van der Waals surface area contributed by atoms with Crippen molar-refractivity contribution in [3.8, 4) is 0 Å². The predicted octanol–water partition coefficient (Wildman–Crippen LogP) is 0.972. The number of benzene rings is 1. The van der Waals surface area contributed by atoms with Gasteiger partial charge in [-0.2, -0.15) is 0 Å². The molecule has 0 amide bonds. The van der Waals surface area contributed by atoms with Crippen molar-refractivity contribution in [1.29, 1.82) is 0 Å². The number of rotatable bonds is 4.